The highest BCUT2D eigenvalue weighted by Gasteiger charge is 2.36. The third kappa shape index (κ3) is 1.47. The summed E-state index contributed by atoms with van der Waals surface area (Å²) in [5.74, 6) is 1.02. The van der Waals surface area contributed by atoms with Crippen LogP contribution < -0.4 is 0 Å². The molecule has 1 fully saturated rings. The fraction of sp³-hybridized carbons (Fsp3) is 1.00. The van der Waals surface area contributed by atoms with E-state index in [1.807, 2.05) is 0 Å². The molecule has 9 heavy (non-hydrogen) atoms. The summed E-state index contributed by atoms with van der Waals surface area (Å²) in [6, 6.07) is 0. The van der Waals surface area contributed by atoms with E-state index in [0.717, 1.165) is 11.3 Å². The van der Waals surface area contributed by atoms with Crippen molar-refractivity contribution in [2.24, 2.45) is 11.3 Å². The van der Waals surface area contributed by atoms with Crippen molar-refractivity contribution in [2.75, 3.05) is 0 Å². The molecule has 0 atom stereocenters. The van der Waals surface area contributed by atoms with Crippen molar-refractivity contribution in [1.82, 2.24) is 0 Å². The molecule has 0 heterocycles. The van der Waals surface area contributed by atoms with Gasteiger partial charge in [0.25, 0.3) is 0 Å². The van der Waals surface area contributed by atoms with Gasteiger partial charge in [0.1, 0.15) is 0 Å². The monoisotopic (exact) mass is 126 g/mol. The quantitative estimate of drug-likeness (QED) is 0.533. The van der Waals surface area contributed by atoms with Gasteiger partial charge in [-0.15, -0.1) is 0 Å². The van der Waals surface area contributed by atoms with Gasteiger partial charge in [0.2, 0.25) is 0 Å². The Hall–Kier alpha value is 0. The van der Waals surface area contributed by atoms with E-state index >= 15 is 0 Å². The number of rotatable bonds is 2. The molecule has 0 spiro atoms. The topological polar surface area (TPSA) is 0 Å². The van der Waals surface area contributed by atoms with Crippen molar-refractivity contribution in [1.29, 1.82) is 0 Å². The Bertz CT molecular complexity index is 82.7. The van der Waals surface area contributed by atoms with Gasteiger partial charge in [-0.3, -0.25) is 0 Å². The highest BCUT2D eigenvalue weighted by molar-refractivity contribution is 4.87. The van der Waals surface area contributed by atoms with Gasteiger partial charge in [0, 0.05) is 0 Å². The minimum atomic E-state index is 0.744. The third-order valence-corrected chi connectivity index (χ3v) is 2.54. The molecule has 0 nitrogen and oxygen atoms in total. The van der Waals surface area contributed by atoms with Gasteiger partial charge >= 0.3 is 0 Å². The van der Waals surface area contributed by atoms with Crippen LogP contribution in [-0.4, -0.2) is 0 Å². The molecule has 0 saturated heterocycles. The maximum Gasteiger partial charge on any atom is -0.0321 e. The molecule has 0 aromatic carbocycles. The summed E-state index contributed by atoms with van der Waals surface area (Å²) in [6.07, 6.45) is 5.75. The molecule has 1 rings (SSSR count). The maximum absolute atomic E-state index is 2.43. The molecular formula is C9H18. The average molecular weight is 126 g/mol. The van der Waals surface area contributed by atoms with Gasteiger partial charge in [-0.25, -0.2) is 0 Å². The molecule has 1 saturated carbocycles. The summed E-state index contributed by atoms with van der Waals surface area (Å²) in [5.41, 5.74) is 0.744. The minimum absolute atomic E-state index is 0.744. The van der Waals surface area contributed by atoms with Gasteiger partial charge in [-0.1, -0.05) is 27.2 Å². The van der Waals surface area contributed by atoms with Crippen LogP contribution in [0, 0.1) is 11.3 Å². The molecule has 0 aromatic rings. The first-order valence-electron chi connectivity index (χ1n) is 4.16. The van der Waals surface area contributed by atoms with E-state index in [0.29, 0.717) is 0 Å². The van der Waals surface area contributed by atoms with Crippen LogP contribution in [0.5, 0.6) is 0 Å². The summed E-state index contributed by atoms with van der Waals surface area (Å²) in [7, 11) is 0. The van der Waals surface area contributed by atoms with E-state index in [4.69, 9.17) is 0 Å². The van der Waals surface area contributed by atoms with Crippen LogP contribution >= 0.6 is 0 Å². The van der Waals surface area contributed by atoms with Gasteiger partial charge in [0.15, 0.2) is 0 Å². The van der Waals surface area contributed by atoms with Crippen molar-refractivity contribution < 1.29 is 0 Å². The minimum Gasteiger partial charge on any atom is -0.0654 e. The lowest BCUT2D eigenvalue weighted by Crippen LogP contribution is -2.32. The highest BCUT2D eigenvalue weighted by Crippen LogP contribution is 2.47. The summed E-state index contributed by atoms with van der Waals surface area (Å²) < 4.78 is 0. The Labute approximate surface area is 58.7 Å². The molecule has 0 N–H and O–H groups in total. The molecule has 54 valence electrons. The van der Waals surface area contributed by atoms with E-state index in [1.165, 1.54) is 25.7 Å². The van der Waals surface area contributed by atoms with Crippen LogP contribution in [0.4, 0.5) is 0 Å². The predicted octanol–water partition coefficient (Wildman–Crippen LogP) is 3.22. The standard InChI is InChI=1S/C9H18/c1-4-5-9(3)6-8(2)7-9/h8H,4-7H2,1-3H3. The number of hydrogen-bond donors (Lipinski definition) is 0. The van der Waals surface area contributed by atoms with Crippen molar-refractivity contribution in [2.45, 2.75) is 46.5 Å². The van der Waals surface area contributed by atoms with Gasteiger partial charge in [-0.05, 0) is 30.6 Å². The van der Waals surface area contributed by atoms with Gasteiger partial charge < -0.3 is 0 Å². The zero-order valence-corrected chi connectivity index (χ0v) is 6.91. The molecular weight excluding hydrogens is 108 g/mol. The SMILES string of the molecule is CCCC1(C)CC(C)C1. The first kappa shape index (κ1) is 7.11. The summed E-state index contributed by atoms with van der Waals surface area (Å²) in [4.78, 5) is 0. The van der Waals surface area contributed by atoms with Crippen molar-refractivity contribution in [3.63, 3.8) is 0 Å². The number of hydrogen-bond acceptors (Lipinski definition) is 0. The molecule has 1 aliphatic carbocycles. The maximum atomic E-state index is 2.43. The second-order valence-electron chi connectivity index (χ2n) is 4.07. The van der Waals surface area contributed by atoms with E-state index in [-0.39, 0.29) is 0 Å². The summed E-state index contributed by atoms with van der Waals surface area (Å²) >= 11 is 0. The van der Waals surface area contributed by atoms with Gasteiger partial charge in [0.05, 0.1) is 0 Å². The van der Waals surface area contributed by atoms with Crippen molar-refractivity contribution >= 4 is 0 Å². The first-order chi connectivity index (χ1) is 4.16. The average Bonchev–Trinajstić information content (AvgIpc) is 1.62. The lowest BCUT2D eigenvalue weighted by molar-refractivity contribution is 0.0767. The molecule has 0 radical (unpaired) electrons. The molecule has 0 amide bonds. The van der Waals surface area contributed by atoms with Crippen LogP contribution in [0.25, 0.3) is 0 Å². The second-order valence-corrected chi connectivity index (χ2v) is 4.07. The van der Waals surface area contributed by atoms with Crippen LogP contribution in [0.3, 0.4) is 0 Å². The van der Waals surface area contributed by atoms with Crippen molar-refractivity contribution in [3.05, 3.63) is 0 Å². The fourth-order valence-corrected chi connectivity index (χ4v) is 2.43. The summed E-state index contributed by atoms with van der Waals surface area (Å²) in [5, 5.41) is 0. The first-order valence-corrected chi connectivity index (χ1v) is 4.16. The van der Waals surface area contributed by atoms with Crippen LogP contribution in [-0.2, 0) is 0 Å². The molecule has 1 aliphatic rings. The van der Waals surface area contributed by atoms with Crippen LogP contribution in [0.2, 0.25) is 0 Å². The second kappa shape index (κ2) is 2.32. The van der Waals surface area contributed by atoms with Crippen LogP contribution in [0.15, 0.2) is 0 Å². The zero-order chi connectivity index (χ0) is 6.91. The third-order valence-electron chi connectivity index (χ3n) is 2.54. The van der Waals surface area contributed by atoms with E-state index < -0.39 is 0 Å². The lowest BCUT2D eigenvalue weighted by Gasteiger charge is -2.44. The van der Waals surface area contributed by atoms with E-state index in [2.05, 4.69) is 20.8 Å². The Balaban J connectivity index is 2.23. The molecule has 0 aliphatic heterocycles. The Morgan fingerprint density at radius 1 is 1.44 bits per heavy atom. The van der Waals surface area contributed by atoms with E-state index in [1.54, 1.807) is 0 Å². The predicted molar refractivity (Wildman–Crippen MR) is 41.4 cm³/mol. The molecule has 0 bridgehead atoms. The van der Waals surface area contributed by atoms with Gasteiger partial charge in [-0.2, -0.15) is 0 Å². The summed E-state index contributed by atoms with van der Waals surface area (Å²) in [6.45, 7) is 7.07. The Kier molecular flexibility index (Phi) is 1.83. The zero-order valence-electron chi connectivity index (χ0n) is 6.91. The lowest BCUT2D eigenvalue weighted by atomic mass is 9.62. The fourth-order valence-electron chi connectivity index (χ4n) is 2.43. The molecule has 0 unspecified atom stereocenters. The van der Waals surface area contributed by atoms with E-state index in [9.17, 15) is 0 Å². The molecule has 0 heteroatoms. The largest absolute Gasteiger partial charge is 0.0654 e. The Morgan fingerprint density at radius 3 is 2.33 bits per heavy atom. The highest BCUT2D eigenvalue weighted by atomic mass is 14.4. The Morgan fingerprint density at radius 2 is 2.00 bits per heavy atom. The van der Waals surface area contributed by atoms with Crippen LogP contribution in [0.1, 0.15) is 46.5 Å². The molecule has 0 aromatic heterocycles. The normalized spacial score (nSPS) is 42.3. The van der Waals surface area contributed by atoms with Crippen molar-refractivity contribution in [3.8, 4) is 0 Å². The smallest absolute Gasteiger partial charge is 0.0321 e.